The van der Waals surface area contributed by atoms with Gasteiger partial charge in [-0.15, -0.1) is 0 Å². The molecule has 2 saturated heterocycles. The van der Waals surface area contributed by atoms with Crippen LogP contribution in [0.3, 0.4) is 0 Å². The van der Waals surface area contributed by atoms with Gasteiger partial charge in [0.2, 0.25) is 0 Å². The van der Waals surface area contributed by atoms with Gasteiger partial charge in [-0.3, -0.25) is 14.3 Å². The Bertz CT molecular complexity index is 707. The number of likely N-dealkylation sites (N-methyl/N-ethyl adjacent to an activating group) is 1. The van der Waals surface area contributed by atoms with Gasteiger partial charge in [-0.05, 0) is 6.92 Å². The summed E-state index contributed by atoms with van der Waals surface area (Å²) in [6.45, 7) is 5.39. The number of hydrogen-bond acceptors (Lipinski definition) is 5. The van der Waals surface area contributed by atoms with E-state index in [1.54, 1.807) is 6.92 Å². The first kappa shape index (κ1) is 18.3. The molecule has 0 bridgehead atoms. The number of aliphatic hydroxyl groups excluding tert-OH is 1. The van der Waals surface area contributed by atoms with Crippen LogP contribution in [0.1, 0.15) is 31.1 Å². The van der Waals surface area contributed by atoms with Crippen molar-refractivity contribution in [3.8, 4) is 0 Å². The van der Waals surface area contributed by atoms with Crippen LogP contribution in [0.25, 0.3) is 0 Å². The molecular weight excluding hydrogens is 326 g/mol. The SMILES string of the molecule is Cc1cn([C@H]2C[C@H](OCC[N+]3(C)CCCC3)[C@@H](CO)O2)c(=O)[nH]c1=O. The lowest BCUT2D eigenvalue weighted by Gasteiger charge is -2.29. The summed E-state index contributed by atoms with van der Waals surface area (Å²) in [4.78, 5) is 25.8. The fraction of sp³-hybridized carbons (Fsp3) is 0.765. The van der Waals surface area contributed by atoms with Gasteiger partial charge in [0, 0.05) is 31.0 Å². The molecule has 2 N–H and O–H groups in total. The largest absolute Gasteiger partial charge is 0.394 e. The van der Waals surface area contributed by atoms with Gasteiger partial charge in [-0.2, -0.15) is 0 Å². The molecule has 3 rings (SSSR count). The maximum atomic E-state index is 12.0. The van der Waals surface area contributed by atoms with Crippen LogP contribution >= 0.6 is 0 Å². The normalized spacial score (nSPS) is 28.5. The lowest BCUT2D eigenvalue weighted by molar-refractivity contribution is -0.898. The number of aromatic nitrogens is 2. The zero-order chi connectivity index (χ0) is 18.0. The first-order valence-electron chi connectivity index (χ1n) is 8.95. The van der Waals surface area contributed by atoms with Gasteiger partial charge < -0.3 is 19.1 Å². The van der Waals surface area contributed by atoms with Crippen LogP contribution in [0.4, 0.5) is 0 Å². The van der Waals surface area contributed by atoms with Crippen molar-refractivity contribution in [1.82, 2.24) is 9.55 Å². The van der Waals surface area contributed by atoms with Crippen LogP contribution in [0.2, 0.25) is 0 Å². The van der Waals surface area contributed by atoms with Gasteiger partial charge in [0.05, 0.1) is 39.5 Å². The highest BCUT2D eigenvalue weighted by molar-refractivity contribution is 5.02. The van der Waals surface area contributed by atoms with E-state index in [-0.39, 0.29) is 12.7 Å². The van der Waals surface area contributed by atoms with Crippen LogP contribution in [-0.4, -0.2) is 71.2 Å². The summed E-state index contributed by atoms with van der Waals surface area (Å²) < 4.78 is 14.2. The number of hydrogen-bond donors (Lipinski definition) is 2. The molecule has 8 heteroatoms. The van der Waals surface area contributed by atoms with Crippen molar-refractivity contribution in [2.24, 2.45) is 0 Å². The zero-order valence-corrected chi connectivity index (χ0v) is 14.9. The Kier molecular flexibility index (Phi) is 5.43. The molecule has 140 valence electrons. The second-order valence-electron chi connectivity index (χ2n) is 7.43. The molecule has 1 aromatic heterocycles. The van der Waals surface area contributed by atoms with Gasteiger partial charge in [0.15, 0.2) is 0 Å². The van der Waals surface area contributed by atoms with Gasteiger partial charge >= 0.3 is 5.69 Å². The van der Waals surface area contributed by atoms with E-state index in [1.165, 1.54) is 36.7 Å². The van der Waals surface area contributed by atoms with Crippen LogP contribution in [-0.2, 0) is 9.47 Å². The highest BCUT2D eigenvalue weighted by Gasteiger charge is 2.37. The van der Waals surface area contributed by atoms with Gasteiger partial charge in [-0.1, -0.05) is 0 Å². The molecule has 0 radical (unpaired) electrons. The van der Waals surface area contributed by atoms with Gasteiger partial charge in [0.25, 0.3) is 5.56 Å². The van der Waals surface area contributed by atoms with Crippen LogP contribution in [0.5, 0.6) is 0 Å². The van der Waals surface area contributed by atoms with Crippen LogP contribution in [0, 0.1) is 6.92 Å². The number of ether oxygens (including phenoxy) is 2. The molecule has 8 nitrogen and oxygen atoms in total. The Balaban J connectivity index is 1.63. The summed E-state index contributed by atoms with van der Waals surface area (Å²) in [6.07, 6.45) is 3.23. The summed E-state index contributed by atoms with van der Waals surface area (Å²) in [7, 11) is 2.25. The molecule has 0 spiro atoms. The van der Waals surface area contributed by atoms with Crippen molar-refractivity contribution in [2.75, 3.05) is 39.9 Å². The van der Waals surface area contributed by atoms with E-state index in [2.05, 4.69) is 12.0 Å². The van der Waals surface area contributed by atoms with E-state index in [0.29, 0.717) is 18.6 Å². The van der Waals surface area contributed by atoms with E-state index < -0.39 is 23.6 Å². The Hall–Kier alpha value is -1.48. The summed E-state index contributed by atoms with van der Waals surface area (Å²) >= 11 is 0. The Morgan fingerprint density at radius 3 is 2.80 bits per heavy atom. The number of quaternary nitrogens is 1. The smallest absolute Gasteiger partial charge is 0.330 e. The number of likely N-dealkylation sites (tertiary alicyclic amines) is 1. The molecule has 2 aliphatic rings. The van der Waals surface area contributed by atoms with E-state index in [4.69, 9.17) is 9.47 Å². The third-order valence-electron chi connectivity index (χ3n) is 5.43. The maximum Gasteiger partial charge on any atom is 0.330 e. The van der Waals surface area contributed by atoms with Gasteiger partial charge in [0.1, 0.15) is 18.9 Å². The Morgan fingerprint density at radius 1 is 1.40 bits per heavy atom. The van der Waals surface area contributed by atoms with Crippen LogP contribution < -0.4 is 11.2 Å². The average Bonchev–Trinajstić information content (AvgIpc) is 3.17. The van der Waals surface area contributed by atoms with Crippen molar-refractivity contribution in [1.29, 1.82) is 0 Å². The average molecular weight is 354 g/mol. The number of nitrogens with zero attached hydrogens (tertiary/aromatic N) is 2. The minimum Gasteiger partial charge on any atom is -0.394 e. The van der Waals surface area contributed by atoms with Crippen LogP contribution in [0.15, 0.2) is 15.8 Å². The predicted molar refractivity (Wildman–Crippen MR) is 91.4 cm³/mol. The lowest BCUT2D eigenvalue weighted by atomic mass is 10.2. The molecule has 0 aliphatic carbocycles. The Labute approximate surface area is 146 Å². The summed E-state index contributed by atoms with van der Waals surface area (Å²) in [5.41, 5.74) is -0.457. The third-order valence-corrected chi connectivity index (χ3v) is 5.43. The number of H-pyrrole nitrogens is 1. The summed E-state index contributed by atoms with van der Waals surface area (Å²) in [6, 6.07) is 0. The predicted octanol–water partition coefficient (Wildman–Crippen LogP) is -0.250. The number of aliphatic hydroxyl groups is 1. The van der Waals surface area contributed by atoms with E-state index in [0.717, 1.165) is 11.0 Å². The molecule has 3 heterocycles. The van der Waals surface area contributed by atoms with E-state index >= 15 is 0 Å². The van der Waals surface area contributed by atoms with E-state index in [9.17, 15) is 14.7 Å². The second kappa shape index (κ2) is 7.41. The molecule has 2 fully saturated rings. The molecular formula is C17H28N3O5+. The summed E-state index contributed by atoms with van der Waals surface area (Å²) in [5.74, 6) is 0. The molecule has 0 amide bonds. The van der Waals surface area contributed by atoms with E-state index in [1.807, 2.05) is 0 Å². The van der Waals surface area contributed by atoms with Crippen molar-refractivity contribution >= 4 is 0 Å². The minimum atomic E-state index is -0.540. The first-order chi connectivity index (χ1) is 11.9. The van der Waals surface area contributed by atoms with Gasteiger partial charge in [-0.25, -0.2) is 4.79 Å². The molecule has 3 atom stereocenters. The fourth-order valence-electron chi connectivity index (χ4n) is 3.76. The number of aromatic amines is 1. The fourth-order valence-corrected chi connectivity index (χ4v) is 3.76. The second-order valence-corrected chi connectivity index (χ2v) is 7.43. The zero-order valence-electron chi connectivity index (χ0n) is 14.9. The number of nitrogens with one attached hydrogen (secondary N) is 1. The highest BCUT2D eigenvalue weighted by Crippen LogP contribution is 2.30. The molecule has 25 heavy (non-hydrogen) atoms. The van der Waals surface area contributed by atoms with Crippen molar-refractivity contribution in [3.05, 3.63) is 32.6 Å². The quantitative estimate of drug-likeness (QED) is 0.687. The highest BCUT2D eigenvalue weighted by atomic mass is 16.6. The first-order valence-corrected chi connectivity index (χ1v) is 8.95. The molecule has 1 aromatic rings. The third kappa shape index (κ3) is 4.03. The minimum absolute atomic E-state index is 0.162. The number of aryl methyl sites for hydroxylation is 1. The molecule has 0 aromatic carbocycles. The molecule has 0 saturated carbocycles. The molecule has 2 aliphatic heterocycles. The van der Waals surface area contributed by atoms with Crippen molar-refractivity contribution in [3.63, 3.8) is 0 Å². The Morgan fingerprint density at radius 2 is 2.12 bits per heavy atom. The maximum absolute atomic E-state index is 12.0. The van der Waals surface area contributed by atoms with Crippen molar-refractivity contribution in [2.45, 2.75) is 44.6 Å². The topological polar surface area (TPSA) is 93.6 Å². The molecule has 0 unspecified atom stereocenters. The van der Waals surface area contributed by atoms with Crippen molar-refractivity contribution < 1.29 is 19.1 Å². The lowest BCUT2D eigenvalue weighted by Crippen LogP contribution is -2.44. The standard InChI is InChI=1S/C17H27N3O5/c1-12-10-19(17(23)18-16(12)22)15-9-13(14(11-21)25-15)24-8-7-20(2)5-3-4-6-20/h10,13-15,21H,3-9,11H2,1-2H3/p+1/t13-,14+,15+/m0/s1. The monoisotopic (exact) mass is 354 g/mol. The summed E-state index contributed by atoms with van der Waals surface area (Å²) in [5, 5.41) is 9.58. The number of rotatable bonds is 6.